The Kier molecular flexibility index (Phi) is 6.34. The molecule has 2 amide bonds. The summed E-state index contributed by atoms with van der Waals surface area (Å²) in [5.41, 5.74) is 0.682. The van der Waals surface area contributed by atoms with Crippen molar-refractivity contribution in [2.75, 3.05) is 13.1 Å². The van der Waals surface area contributed by atoms with Gasteiger partial charge in [0.2, 0.25) is 17.6 Å². The fraction of sp³-hybridized carbons (Fsp3) is 0.391. The minimum atomic E-state index is -0.641. The molecule has 3 heterocycles. The molecule has 0 spiro atoms. The van der Waals surface area contributed by atoms with Crippen molar-refractivity contribution < 1.29 is 22.9 Å². The topological polar surface area (TPSA) is 101 Å². The van der Waals surface area contributed by atoms with Gasteiger partial charge in [-0.3, -0.25) is 9.59 Å². The number of halogens is 1. The van der Waals surface area contributed by atoms with Crippen molar-refractivity contribution in [2.24, 2.45) is 5.92 Å². The fourth-order valence-electron chi connectivity index (χ4n) is 3.79. The second kappa shape index (κ2) is 9.33. The number of likely N-dealkylation sites (tertiary alicyclic amines) is 1. The molecule has 1 unspecified atom stereocenters. The van der Waals surface area contributed by atoms with E-state index < -0.39 is 11.9 Å². The molecule has 1 aliphatic heterocycles. The molecule has 0 radical (unpaired) electrons. The monoisotopic (exact) mass is 440 g/mol. The molecule has 0 aliphatic carbocycles. The average molecular weight is 440 g/mol. The minimum Gasteiger partial charge on any atom is -0.459 e. The van der Waals surface area contributed by atoms with Crippen LogP contribution in [0, 0.1) is 11.7 Å². The molecule has 9 heteroatoms. The van der Waals surface area contributed by atoms with E-state index in [2.05, 4.69) is 15.5 Å². The van der Waals surface area contributed by atoms with Gasteiger partial charge in [-0.15, -0.1) is 0 Å². The molecule has 8 nitrogen and oxygen atoms in total. The number of nitrogens with one attached hydrogen (secondary N) is 1. The van der Waals surface area contributed by atoms with Gasteiger partial charge in [0, 0.05) is 24.6 Å². The van der Waals surface area contributed by atoms with Crippen LogP contribution in [-0.2, 0) is 4.79 Å². The van der Waals surface area contributed by atoms with Crippen LogP contribution in [0.5, 0.6) is 0 Å². The molecule has 1 aliphatic rings. The number of piperidine rings is 1. The van der Waals surface area contributed by atoms with Gasteiger partial charge in [0.25, 0.3) is 5.91 Å². The summed E-state index contributed by atoms with van der Waals surface area (Å²) in [6, 6.07) is 8.47. The lowest BCUT2D eigenvalue weighted by molar-refractivity contribution is -0.135. The maximum absolute atomic E-state index is 13.1. The predicted molar refractivity (Wildman–Crippen MR) is 113 cm³/mol. The lowest BCUT2D eigenvalue weighted by atomic mass is 9.95. The van der Waals surface area contributed by atoms with Crippen LogP contribution < -0.4 is 5.32 Å². The van der Waals surface area contributed by atoms with Gasteiger partial charge in [-0.05, 0) is 55.2 Å². The number of carbonyl (C=O) groups excluding carboxylic acids is 2. The number of amides is 2. The molecular formula is C23H25FN4O4. The molecule has 1 fully saturated rings. The molecule has 1 N–H and O–H groups in total. The first-order valence-corrected chi connectivity index (χ1v) is 10.6. The highest BCUT2D eigenvalue weighted by molar-refractivity contribution is 5.95. The van der Waals surface area contributed by atoms with Crippen molar-refractivity contribution in [3.8, 4) is 11.4 Å². The summed E-state index contributed by atoms with van der Waals surface area (Å²) in [4.78, 5) is 31.7. The number of furan rings is 1. The van der Waals surface area contributed by atoms with Gasteiger partial charge in [0.15, 0.2) is 5.76 Å². The molecule has 168 valence electrons. The largest absolute Gasteiger partial charge is 0.459 e. The van der Waals surface area contributed by atoms with Crippen LogP contribution in [-0.4, -0.2) is 46.0 Å². The predicted octanol–water partition coefficient (Wildman–Crippen LogP) is 3.63. The summed E-state index contributed by atoms with van der Waals surface area (Å²) >= 11 is 0. The van der Waals surface area contributed by atoms with Crippen molar-refractivity contribution in [3.05, 3.63) is 60.1 Å². The highest BCUT2D eigenvalue weighted by atomic mass is 19.1. The summed E-state index contributed by atoms with van der Waals surface area (Å²) in [7, 11) is 0. The standard InChI is InChI=1S/C23H25FN4O4/c1-14(2)19(25-21(29)18-4-3-13-31-18)23(30)28-11-9-16(10-12-28)22-26-20(27-32-22)15-5-7-17(24)8-6-15/h3-8,13-14,16,19H,9-12H2,1-2H3,(H,25,29). The van der Waals surface area contributed by atoms with Crippen molar-refractivity contribution in [1.82, 2.24) is 20.4 Å². The van der Waals surface area contributed by atoms with Gasteiger partial charge in [-0.25, -0.2) is 4.39 Å². The van der Waals surface area contributed by atoms with E-state index in [9.17, 15) is 14.0 Å². The van der Waals surface area contributed by atoms with Crippen LogP contribution in [0.3, 0.4) is 0 Å². The molecule has 3 aromatic rings. The number of rotatable bonds is 6. The summed E-state index contributed by atoms with van der Waals surface area (Å²) in [5, 5.41) is 6.80. The summed E-state index contributed by atoms with van der Waals surface area (Å²) < 4.78 is 23.7. The van der Waals surface area contributed by atoms with E-state index in [1.165, 1.54) is 18.4 Å². The van der Waals surface area contributed by atoms with Crippen LogP contribution in [0.4, 0.5) is 4.39 Å². The van der Waals surface area contributed by atoms with Gasteiger partial charge in [-0.2, -0.15) is 4.98 Å². The molecule has 1 saturated heterocycles. The normalized spacial score (nSPS) is 15.7. The van der Waals surface area contributed by atoms with E-state index in [0.717, 1.165) is 0 Å². The first kappa shape index (κ1) is 21.7. The third kappa shape index (κ3) is 4.71. The summed E-state index contributed by atoms with van der Waals surface area (Å²) in [5.74, 6) is 0.225. The zero-order chi connectivity index (χ0) is 22.7. The number of aromatic nitrogens is 2. The van der Waals surface area contributed by atoms with Crippen LogP contribution in [0.2, 0.25) is 0 Å². The van der Waals surface area contributed by atoms with Gasteiger partial charge in [0.1, 0.15) is 11.9 Å². The van der Waals surface area contributed by atoms with E-state index in [0.29, 0.717) is 43.2 Å². The quantitative estimate of drug-likeness (QED) is 0.628. The van der Waals surface area contributed by atoms with Crippen molar-refractivity contribution in [1.29, 1.82) is 0 Å². The van der Waals surface area contributed by atoms with Gasteiger partial charge in [0.05, 0.1) is 6.26 Å². The Morgan fingerprint density at radius 3 is 2.50 bits per heavy atom. The molecule has 32 heavy (non-hydrogen) atoms. The molecule has 1 atom stereocenters. The minimum absolute atomic E-state index is 0.0379. The lowest BCUT2D eigenvalue weighted by Gasteiger charge is -2.34. The Balaban J connectivity index is 1.36. The van der Waals surface area contributed by atoms with E-state index in [4.69, 9.17) is 8.94 Å². The van der Waals surface area contributed by atoms with E-state index in [1.54, 1.807) is 29.2 Å². The maximum Gasteiger partial charge on any atom is 0.287 e. The second-order valence-electron chi connectivity index (χ2n) is 8.24. The van der Waals surface area contributed by atoms with Crippen LogP contribution in [0.15, 0.2) is 51.6 Å². The maximum atomic E-state index is 13.1. The molecular weight excluding hydrogens is 415 g/mol. The zero-order valence-corrected chi connectivity index (χ0v) is 18.0. The number of carbonyl (C=O) groups is 2. The number of hydrogen-bond acceptors (Lipinski definition) is 6. The SMILES string of the molecule is CC(C)C(NC(=O)c1ccco1)C(=O)N1CCC(c2nc(-c3ccc(F)cc3)no2)CC1. The summed E-state index contributed by atoms with van der Waals surface area (Å²) in [6.07, 6.45) is 2.77. The van der Waals surface area contributed by atoms with E-state index in [-0.39, 0.29) is 29.3 Å². The third-order valence-electron chi connectivity index (χ3n) is 5.66. The van der Waals surface area contributed by atoms with Gasteiger partial charge >= 0.3 is 0 Å². The Morgan fingerprint density at radius 2 is 1.88 bits per heavy atom. The number of nitrogens with zero attached hydrogens (tertiary/aromatic N) is 3. The Hall–Kier alpha value is -3.49. The first-order valence-electron chi connectivity index (χ1n) is 10.6. The van der Waals surface area contributed by atoms with E-state index in [1.807, 2.05) is 13.8 Å². The molecule has 0 bridgehead atoms. The Morgan fingerprint density at radius 1 is 1.16 bits per heavy atom. The van der Waals surface area contributed by atoms with Gasteiger partial charge in [-0.1, -0.05) is 19.0 Å². The summed E-state index contributed by atoms with van der Waals surface area (Å²) in [6.45, 7) is 4.84. The first-order chi connectivity index (χ1) is 15.4. The zero-order valence-electron chi connectivity index (χ0n) is 18.0. The van der Waals surface area contributed by atoms with Crippen LogP contribution in [0.25, 0.3) is 11.4 Å². The highest BCUT2D eigenvalue weighted by Gasteiger charge is 2.33. The van der Waals surface area contributed by atoms with Crippen molar-refractivity contribution >= 4 is 11.8 Å². The average Bonchev–Trinajstić information content (AvgIpc) is 3.50. The van der Waals surface area contributed by atoms with Crippen LogP contribution in [0.1, 0.15) is 49.1 Å². The number of hydrogen-bond donors (Lipinski definition) is 1. The highest BCUT2D eigenvalue weighted by Crippen LogP contribution is 2.29. The fourth-order valence-corrected chi connectivity index (χ4v) is 3.79. The Labute approximate surface area is 184 Å². The van der Waals surface area contributed by atoms with Gasteiger partial charge < -0.3 is 19.2 Å². The van der Waals surface area contributed by atoms with Crippen LogP contribution >= 0.6 is 0 Å². The molecule has 0 saturated carbocycles. The number of benzene rings is 1. The van der Waals surface area contributed by atoms with E-state index >= 15 is 0 Å². The molecule has 1 aromatic carbocycles. The lowest BCUT2D eigenvalue weighted by Crippen LogP contribution is -2.52. The second-order valence-corrected chi connectivity index (χ2v) is 8.24. The van der Waals surface area contributed by atoms with Crippen molar-refractivity contribution in [2.45, 2.75) is 38.6 Å². The smallest absolute Gasteiger partial charge is 0.287 e. The third-order valence-corrected chi connectivity index (χ3v) is 5.66. The van der Waals surface area contributed by atoms with Crippen molar-refractivity contribution in [3.63, 3.8) is 0 Å². The molecule has 2 aromatic heterocycles. The Bertz CT molecular complexity index is 1050. The molecule has 4 rings (SSSR count).